The number of esters is 1. The van der Waals surface area contributed by atoms with E-state index in [0.717, 1.165) is 0 Å². The van der Waals surface area contributed by atoms with Gasteiger partial charge in [-0.2, -0.15) is 0 Å². The number of ether oxygens (including phenoxy) is 1. The Kier molecular flexibility index (Phi) is 3.94. The van der Waals surface area contributed by atoms with Crippen LogP contribution >= 0.6 is 11.6 Å². The van der Waals surface area contributed by atoms with Crippen LogP contribution in [0.25, 0.3) is 11.5 Å². The molecule has 0 aliphatic heterocycles. The first-order chi connectivity index (χ1) is 8.70. The molecule has 0 N–H and O–H groups in total. The van der Waals surface area contributed by atoms with Crippen LogP contribution in [0.1, 0.15) is 12.8 Å². The van der Waals surface area contributed by atoms with Crippen molar-refractivity contribution >= 4 is 17.6 Å². The van der Waals surface area contributed by atoms with Crippen molar-refractivity contribution in [2.45, 2.75) is 13.3 Å². The molecule has 0 saturated heterocycles. The fourth-order valence-electron chi connectivity index (χ4n) is 1.40. The molecular weight excluding hydrogens is 256 g/mol. The quantitative estimate of drug-likeness (QED) is 0.796. The Morgan fingerprint density at radius 1 is 1.39 bits per heavy atom. The van der Waals surface area contributed by atoms with Crippen LogP contribution in [0, 0.1) is 0 Å². The summed E-state index contributed by atoms with van der Waals surface area (Å²) >= 11 is 6.00. The number of nitrogens with zero attached hydrogens (tertiary/aromatic N) is 2. The molecule has 1 heterocycles. The predicted octanol–water partition coefficient (Wildman–Crippen LogP) is 2.50. The number of aromatic nitrogens is 2. The van der Waals surface area contributed by atoms with Crippen molar-refractivity contribution in [2.75, 3.05) is 6.61 Å². The molecule has 0 fully saturated rings. The van der Waals surface area contributed by atoms with Crippen molar-refractivity contribution in [3.05, 3.63) is 35.2 Å². The highest BCUT2D eigenvalue weighted by Gasteiger charge is 2.14. The van der Waals surface area contributed by atoms with Crippen LogP contribution in [0.2, 0.25) is 5.02 Å². The summed E-state index contributed by atoms with van der Waals surface area (Å²) in [6.45, 7) is 2.06. The lowest BCUT2D eigenvalue weighted by molar-refractivity contribution is -0.142. The van der Waals surface area contributed by atoms with E-state index in [9.17, 15) is 4.79 Å². The van der Waals surface area contributed by atoms with Gasteiger partial charge in [-0.1, -0.05) is 23.7 Å². The Morgan fingerprint density at radius 3 is 2.89 bits per heavy atom. The number of hydrogen-bond donors (Lipinski definition) is 0. The van der Waals surface area contributed by atoms with Crippen molar-refractivity contribution in [3.63, 3.8) is 0 Å². The summed E-state index contributed by atoms with van der Waals surface area (Å²) in [6, 6.07) is 7.12. The number of rotatable bonds is 4. The molecule has 1 aromatic heterocycles. The lowest BCUT2D eigenvalue weighted by Gasteiger charge is -1.98. The van der Waals surface area contributed by atoms with E-state index in [4.69, 9.17) is 20.8 Å². The topological polar surface area (TPSA) is 65.2 Å². The average Bonchev–Trinajstić information content (AvgIpc) is 2.78. The molecule has 1 aromatic carbocycles. The Bertz CT molecular complexity index is 554. The molecular formula is C12H11ClN2O3. The third-order valence-corrected chi connectivity index (χ3v) is 2.50. The smallest absolute Gasteiger partial charge is 0.315 e. The molecule has 0 aliphatic rings. The molecule has 0 radical (unpaired) electrons. The fraction of sp³-hybridized carbons (Fsp3) is 0.250. The molecule has 0 atom stereocenters. The molecule has 94 valence electrons. The zero-order chi connectivity index (χ0) is 13.0. The molecule has 0 saturated carbocycles. The standard InChI is InChI=1S/C12H11ClN2O3/c1-2-17-11(16)7-10-14-15-12(18-10)8-5-3-4-6-9(8)13/h3-6H,2,7H2,1H3. The molecule has 18 heavy (non-hydrogen) atoms. The Labute approximate surface area is 109 Å². The summed E-state index contributed by atoms with van der Waals surface area (Å²) in [5.41, 5.74) is 0.641. The van der Waals surface area contributed by atoms with E-state index in [1.54, 1.807) is 19.1 Å². The van der Waals surface area contributed by atoms with Gasteiger partial charge >= 0.3 is 5.97 Å². The van der Waals surface area contributed by atoms with E-state index in [0.29, 0.717) is 23.1 Å². The van der Waals surface area contributed by atoms with Gasteiger partial charge in [0.05, 0.1) is 17.2 Å². The Hall–Kier alpha value is -1.88. The summed E-state index contributed by atoms with van der Waals surface area (Å²) in [4.78, 5) is 11.2. The largest absolute Gasteiger partial charge is 0.466 e. The third kappa shape index (κ3) is 2.87. The van der Waals surface area contributed by atoms with Crippen LogP contribution in [0.4, 0.5) is 0 Å². The predicted molar refractivity (Wildman–Crippen MR) is 65.1 cm³/mol. The highest BCUT2D eigenvalue weighted by Crippen LogP contribution is 2.26. The summed E-state index contributed by atoms with van der Waals surface area (Å²) in [5.74, 6) is 0.107. The average molecular weight is 267 g/mol. The monoisotopic (exact) mass is 266 g/mol. The molecule has 2 aromatic rings. The Morgan fingerprint density at radius 2 is 2.17 bits per heavy atom. The van der Waals surface area contributed by atoms with E-state index in [-0.39, 0.29) is 12.3 Å². The van der Waals surface area contributed by atoms with E-state index in [2.05, 4.69) is 10.2 Å². The summed E-state index contributed by atoms with van der Waals surface area (Å²) in [6.07, 6.45) is -0.0364. The van der Waals surface area contributed by atoms with Gasteiger partial charge in [-0.3, -0.25) is 4.79 Å². The van der Waals surface area contributed by atoms with Crippen LogP contribution < -0.4 is 0 Å². The van der Waals surface area contributed by atoms with Gasteiger partial charge in [0.15, 0.2) is 0 Å². The molecule has 0 spiro atoms. The van der Waals surface area contributed by atoms with Crippen LogP contribution in [0.3, 0.4) is 0 Å². The molecule has 2 rings (SSSR count). The summed E-state index contributed by atoms with van der Waals surface area (Å²) < 4.78 is 10.2. The van der Waals surface area contributed by atoms with Gasteiger partial charge in [-0.15, -0.1) is 10.2 Å². The van der Waals surface area contributed by atoms with E-state index in [1.807, 2.05) is 12.1 Å². The maximum Gasteiger partial charge on any atom is 0.315 e. The first-order valence-corrected chi connectivity index (χ1v) is 5.81. The van der Waals surface area contributed by atoms with E-state index >= 15 is 0 Å². The number of benzene rings is 1. The molecule has 6 heteroatoms. The molecule has 0 aliphatic carbocycles. The molecule has 5 nitrogen and oxygen atoms in total. The fourth-order valence-corrected chi connectivity index (χ4v) is 1.62. The minimum atomic E-state index is -0.396. The van der Waals surface area contributed by atoms with Gasteiger partial charge in [0, 0.05) is 0 Å². The van der Waals surface area contributed by atoms with Gasteiger partial charge in [-0.05, 0) is 19.1 Å². The van der Waals surface area contributed by atoms with E-state index < -0.39 is 5.97 Å². The highest BCUT2D eigenvalue weighted by molar-refractivity contribution is 6.33. The van der Waals surface area contributed by atoms with Crippen molar-refractivity contribution in [2.24, 2.45) is 0 Å². The minimum absolute atomic E-state index is 0.0364. The van der Waals surface area contributed by atoms with Crippen LogP contribution in [0.15, 0.2) is 28.7 Å². The van der Waals surface area contributed by atoms with Gasteiger partial charge in [0.2, 0.25) is 11.8 Å². The number of carbonyl (C=O) groups excluding carboxylic acids is 1. The zero-order valence-electron chi connectivity index (χ0n) is 9.72. The number of halogens is 1. The van der Waals surface area contributed by atoms with E-state index in [1.165, 1.54) is 0 Å². The maximum absolute atomic E-state index is 11.2. The Balaban J connectivity index is 2.16. The molecule has 0 unspecified atom stereocenters. The van der Waals surface area contributed by atoms with Crippen molar-refractivity contribution in [1.29, 1.82) is 0 Å². The van der Waals surface area contributed by atoms with Gasteiger partial charge in [0.1, 0.15) is 6.42 Å². The highest BCUT2D eigenvalue weighted by atomic mass is 35.5. The number of carbonyl (C=O) groups is 1. The lowest BCUT2D eigenvalue weighted by atomic mass is 10.2. The maximum atomic E-state index is 11.2. The summed E-state index contributed by atoms with van der Waals surface area (Å²) in [5, 5.41) is 8.15. The first kappa shape index (κ1) is 12.6. The second-order valence-electron chi connectivity index (χ2n) is 3.46. The third-order valence-electron chi connectivity index (χ3n) is 2.17. The van der Waals surface area contributed by atoms with Crippen molar-refractivity contribution in [3.8, 4) is 11.5 Å². The van der Waals surface area contributed by atoms with Crippen LogP contribution in [-0.4, -0.2) is 22.8 Å². The molecule has 0 amide bonds. The van der Waals surface area contributed by atoms with Gasteiger partial charge in [0.25, 0.3) is 0 Å². The van der Waals surface area contributed by atoms with Crippen molar-refractivity contribution in [1.82, 2.24) is 10.2 Å². The SMILES string of the molecule is CCOC(=O)Cc1nnc(-c2ccccc2Cl)o1. The van der Waals surface area contributed by atoms with Crippen LogP contribution in [-0.2, 0) is 16.0 Å². The minimum Gasteiger partial charge on any atom is -0.466 e. The van der Waals surface area contributed by atoms with Crippen LogP contribution in [0.5, 0.6) is 0 Å². The van der Waals surface area contributed by atoms with Gasteiger partial charge < -0.3 is 9.15 Å². The summed E-state index contributed by atoms with van der Waals surface area (Å²) in [7, 11) is 0. The first-order valence-electron chi connectivity index (χ1n) is 5.43. The molecule has 0 bridgehead atoms. The van der Waals surface area contributed by atoms with Crippen molar-refractivity contribution < 1.29 is 13.9 Å². The number of hydrogen-bond acceptors (Lipinski definition) is 5. The lowest BCUT2D eigenvalue weighted by Crippen LogP contribution is -2.07. The zero-order valence-corrected chi connectivity index (χ0v) is 10.5. The normalized spacial score (nSPS) is 10.3. The second kappa shape index (κ2) is 5.64. The second-order valence-corrected chi connectivity index (χ2v) is 3.87. The van der Waals surface area contributed by atoms with Gasteiger partial charge in [-0.25, -0.2) is 0 Å².